The van der Waals surface area contributed by atoms with Gasteiger partial charge in [-0.2, -0.15) is 5.26 Å². The number of Topliss-reactive ketones (excluding diaryl/α,β-unsaturated/α-hetero) is 1. The van der Waals surface area contributed by atoms with Crippen molar-refractivity contribution in [3.63, 3.8) is 0 Å². The summed E-state index contributed by atoms with van der Waals surface area (Å²) in [5.74, 6) is -0.290. The first kappa shape index (κ1) is 11.3. The predicted octanol–water partition coefficient (Wildman–Crippen LogP) is 3.43. The summed E-state index contributed by atoms with van der Waals surface area (Å²) in [5.41, 5.74) is 0.918. The maximum absolute atomic E-state index is 11.1. The fourth-order valence-electron chi connectivity index (χ4n) is 1.95. The van der Waals surface area contributed by atoms with Crippen LogP contribution in [0.2, 0.25) is 0 Å². The van der Waals surface area contributed by atoms with Crippen LogP contribution in [0.1, 0.15) is 24.8 Å². The zero-order chi connectivity index (χ0) is 12.3. The second-order valence-corrected chi connectivity index (χ2v) is 4.19. The molecule has 0 heterocycles. The average Bonchev–Trinajstić information content (AvgIpc) is 2.35. The van der Waals surface area contributed by atoms with E-state index in [1.807, 2.05) is 42.5 Å². The summed E-state index contributed by atoms with van der Waals surface area (Å²) in [6.07, 6.45) is 0.287. The number of carbonyl (C=O) groups excluding carboxylic acids is 1. The molecule has 0 saturated heterocycles. The van der Waals surface area contributed by atoms with Crippen LogP contribution in [0.15, 0.2) is 42.5 Å². The molecule has 0 bridgehead atoms. The molecule has 0 fully saturated rings. The van der Waals surface area contributed by atoms with Gasteiger partial charge in [0.1, 0.15) is 5.78 Å². The highest BCUT2D eigenvalue weighted by molar-refractivity contribution is 5.83. The Balaban J connectivity index is 2.41. The lowest BCUT2D eigenvalue weighted by molar-refractivity contribution is -0.117. The first-order valence-electron chi connectivity index (χ1n) is 5.58. The van der Waals surface area contributed by atoms with E-state index in [4.69, 9.17) is 5.26 Å². The number of hydrogen-bond donors (Lipinski definition) is 0. The second kappa shape index (κ2) is 4.80. The smallest absolute Gasteiger partial charge is 0.131 e. The second-order valence-electron chi connectivity index (χ2n) is 4.19. The van der Waals surface area contributed by atoms with E-state index < -0.39 is 0 Å². The third-order valence-corrected chi connectivity index (χ3v) is 2.82. The number of carbonyl (C=O) groups is 1. The van der Waals surface area contributed by atoms with Gasteiger partial charge in [-0.3, -0.25) is 4.79 Å². The zero-order valence-corrected chi connectivity index (χ0v) is 9.68. The van der Waals surface area contributed by atoms with Crippen molar-refractivity contribution in [2.45, 2.75) is 19.3 Å². The summed E-state index contributed by atoms with van der Waals surface area (Å²) in [6, 6.07) is 16.1. The highest BCUT2D eigenvalue weighted by Crippen LogP contribution is 2.23. The zero-order valence-electron chi connectivity index (χ0n) is 9.68. The van der Waals surface area contributed by atoms with Crippen molar-refractivity contribution in [2.24, 2.45) is 0 Å². The van der Waals surface area contributed by atoms with Crippen molar-refractivity contribution in [3.05, 3.63) is 48.0 Å². The monoisotopic (exact) mass is 223 g/mol. The molecular weight excluding hydrogens is 210 g/mol. The minimum Gasteiger partial charge on any atom is -0.300 e. The van der Waals surface area contributed by atoms with Gasteiger partial charge in [-0.05, 0) is 29.3 Å². The molecule has 2 nitrogen and oxygen atoms in total. The van der Waals surface area contributed by atoms with Crippen molar-refractivity contribution >= 4 is 16.6 Å². The Morgan fingerprint density at radius 2 is 1.94 bits per heavy atom. The minimum atomic E-state index is -0.336. The van der Waals surface area contributed by atoms with Crippen LogP contribution in [0.25, 0.3) is 10.8 Å². The molecule has 0 aliphatic rings. The molecule has 0 aliphatic heterocycles. The van der Waals surface area contributed by atoms with Crippen molar-refractivity contribution < 1.29 is 4.79 Å². The molecule has 1 atom stereocenters. The fraction of sp³-hybridized carbons (Fsp3) is 0.200. The van der Waals surface area contributed by atoms with E-state index >= 15 is 0 Å². The molecule has 2 aromatic carbocycles. The van der Waals surface area contributed by atoms with Gasteiger partial charge in [0.05, 0.1) is 12.0 Å². The Bertz CT molecular complexity index is 595. The number of fused-ring (bicyclic) bond motifs is 1. The van der Waals surface area contributed by atoms with Gasteiger partial charge in [0.15, 0.2) is 0 Å². The summed E-state index contributed by atoms with van der Waals surface area (Å²) in [7, 11) is 0. The molecule has 0 aliphatic carbocycles. The average molecular weight is 223 g/mol. The molecule has 2 aromatic rings. The highest BCUT2D eigenvalue weighted by atomic mass is 16.1. The Labute approximate surface area is 100 Å². The first-order valence-corrected chi connectivity index (χ1v) is 5.58. The van der Waals surface area contributed by atoms with Crippen LogP contribution < -0.4 is 0 Å². The Morgan fingerprint density at radius 3 is 2.59 bits per heavy atom. The summed E-state index contributed by atoms with van der Waals surface area (Å²) in [5, 5.41) is 11.4. The number of rotatable bonds is 3. The number of nitriles is 1. The summed E-state index contributed by atoms with van der Waals surface area (Å²) < 4.78 is 0. The largest absolute Gasteiger partial charge is 0.300 e. The van der Waals surface area contributed by atoms with E-state index in [0.29, 0.717) is 0 Å². The third kappa shape index (κ3) is 2.51. The van der Waals surface area contributed by atoms with Crippen LogP contribution in [-0.2, 0) is 4.79 Å². The molecule has 2 heteroatoms. The van der Waals surface area contributed by atoms with E-state index in [9.17, 15) is 4.79 Å². The van der Waals surface area contributed by atoms with E-state index in [-0.39, 0.29) is 18.1 Å². The fourth-order valence-corrected chi connectivity index (χ4v) is 1.95. The van der Waals surface area contributed by atoms with E-state index in [1.54, 1.807) is 0 Å². The summed E-state index contributed by atoms with van der Waals surface area (Å²) in [4.78, 5) is 11.1. The lowest BCUT2D eigenvalue weighted by Crippen LogP contribution is -2.01. The van der Waals surface area contributed by atoms with Gasteiger partial charge in [0.25, 0.3) is 0 Å². The molecule has 84 valence electrons. The molecule has 0 saturated carbocycles. The van der Waals surface area contributed by atoms with Crippen LogP contribution >= 0.6 is 0 Å². The Kier molecular flexibility index (Phi) is 3.20. The predicted molar refractivity (Wildman–Crippen MR) is 67.6 cm³/mol. The van der Waals surface area contributed by atoms with Gasteiger partial charge < -0.3 is 0 Å². The number of ketones is 1. The van der Waals surface area contributed by atoms with Crippen LogP contribution in [-0.4, -0.2) is 5.78 Å². The number of nitrogens with zero attached hydrogens (tertiary/aromatic N) is 1. The standard InChI is InChI=1S/C15H13NO/c1-11(17)8-15(10-16)14-7-6-12-4-2-3-5-13(12)9-14/h2-7,9,15H,8H2,1H3. The Hall–Kier alpha value is -2.14. The van der Waals surface area contributed by atoms with Crippen molar-refractivity contribution in [1.29, 1.82) is 5.26 Å². The van der Waals surface area contributed by atoms with Gasteiger partial charge in [0, 0.05) is 6.42 Å². The van der Waals surface area contributed by atoms with Gasteiger partial charge in [-0.15, -0.1) is 0 Å². The molecule has 2 rings (SSSR count). The van der Waals surface area contributed by atoms with Crippen LogP contribution in [0.3, 0.4) is 0 Å². The molecule has 0 amide bonds. The SMILES string of the molecule is CC(=O)CC(C#N)c1ccc2ccccc2c1. The molecule has 0 N–H and O–H groups in total. The van der Waals surface area contributed by atoms with Crippen molar-refractivity contribution in [3.8, 4) is 6.07 Å². The number of benzene rings is 2. The lowest BCUT2D eigenvalue weighted by Gasteiger charge is -2.08. The van der Waals surface area contributed by atoms with Crippen molar-refractivity contribution in [2.75, 3.05) is 0 Å². The number of hydrogen-bond acceptors (Lipinski definition) is 2. The maximum Gasteiger partial charge on any atom is 0.131 e. The molecule has 0 spiro atoms. The van der Waals surface area contributed by atoms with E-state index in [1.165, 1.54) is 6.92 Å². The molecule has 0 aromatic heterocycles. The van der Waals surface area contributed by atoms with Crippen LogP contribution in [0, 0.1) is 11.3 Å². The first-order chi connectivity index (χ1) is 8.20. The quantitative estimate of drug-likeness (QED) is 0.799. The summed E-state index contributed by atoms with van der Waals surface area (Å²) >= 11 is 0. The van der Waals surface area contributed by atoms with E-state index in [0.717, 1.165) is 16.3 Å². The van der Waals surface area contributed by atoms with E-state index in [2.05, 4.69) is 6.07 Å². The molecular formula is C15H13NO. The normalized spacial score (nSPS) is 12.0. The van der Waals surface area contributed by atoms with Gasteiger partial charge in [0.2, 0.25) is 0 Å². The van der Waals surface area contributed by atoms with Crippen molar-refractivity contribution in [1.82, 2.24) is 0 Å². The van der Waals surface area contributed by atoms with Gasteiger partial charge in [-0.1, -0.05) is 36.4 Å². The summed E-state index contributed by atoms with van der Waals surface area (Å²) in [6.45, 7) is 1.52. The lowest BCUT2D eigenvalue weighted by atomic mass is 9.93. The minimum absolute atomic E-state index is 0.0460. The Morgan fingerprint density at radius 1 is 1.24 bits per heavy atom. The highest BCUT2D eigenvalue weighted by Gasteiger charge is 2.13. The van der Waals surface area contributed by atoms with Crippen LogP contribution in [0.4, 0.5) is 0 Å². The third-order valence-electron chi connectivity index (χ3n) is 2.82. The topological polar surface area (TPSA) is 40.9 Å². The van der Waals surface area contributed by atoms with Gasteiger partial charge >= 0.3 is 0 Å². The molecule has 17 heavy (non-hydrogen) atoms. The van der Waals surface area contributed by atoms with Crippen LogP contribution in [0.5, 0.6) is 0 Å². The van der Waals surface area contributed by atoms with Gasteiger partial charge in [-0.25, -0.2) is 0 Å². The maximum atomic E-state index is 11.1. The molecule has 0 radical (unpaired) electrons. The molecule has 1 unspecified atom stereocenters.